The van der Waals surface area contributed by atoms with E-state index in [1.807, 2.05) is 13.8 Å². The maximum Gasteiger partial charge on any atom is 0.260 e. The summed E-state index contributed by atoms with van der Waals surface area (Å²) in [5.41, 5.74) is 0.855. The number of aromatic amines is 1. The van der Waals surface area contributed by atoms with Crippen LogP contribution in [-0.4, -0.2) is 19.9 Å². The van der Waals surface area contributed by atoms with Gasteiger partial charge in [0.15, 0.2) is 11.6 Å². The molecule has 0 radical (unpaired) electrons. The van der Waals surface area contributed by atoms with Crippen molar-refractivity contribution in [2.75, 3.05) is 0 Å². The molecule has 3 aromatic rings. The Morgan fingerprint density at radius 1 is 1.22 bits per heavy atom. The van der Waals surface area contributed by atoms with Crippen molar-refractivity contribution < 1.29 is 0 Å². The van der Waals surface area contributed by atoms with Crippen LogP contribution in [0.5, 0.6) is 0 Å². The molecule has 0 fully saturated rings. The molecule has 0 aromatic carbocycles. The Bertz CT molecular complexity index is 776. The third-order valence-corrected chi connectivity index (χ3v) is 3.92. The Morgan fingerprint density at radius 3 is 2.67 bits per heavy atom. The minimum absolute atomic E-state index is 0.135. The topological polar surface area (TPSA) is 71.5 Å². The van der Waals surface area contributed by atoms with Gasteiger partial charge in [0.05, 0.1) is 5.39 Å². The lowest BCUT2D eigenvalue weighted by atomic mass is 10.2. The molecule has 0 aliphatic heterocycles. The van der Waals surface area contributed by atoms with Gasteiger partial charge in [-0.15, -0.1) is 11.3 Å². The summed E-state index contributed by atoms with van der Waals surface area (Å²) in [6, 6.07) is 1.72. The van der Waals surface area contributed by atoms with Crippen molar-refractivity contribution in [2.45, 2.75) is 13.8 Å². The number of thiophene rings is 1. The predicted molar refractivity (Wildman–Crippen MR) is 70.7 cm³/mol. The SMILES string of the molecule is Cc1sc2nc(-c3ncccn3)[nH]c(=O)c2c1C. The van der Waals surface area contributed by atoms with E-state index in [4.69, 9.17) is 0 Å². The monoisotopic (exact) mass is 258 g/mol. The Balaban J connectivity index is 2.32. The van der Waals surface area contributed by atoms with Crippen molar-refractivity contribution >= 4 is 21.6 Å². The van der Waals surface area contributed by atoms with Crippen LogP contribution in [0.2, 0.25) is 0 Å². The van der Waals surface area contributed by atoms with Crippen LogP contribution >= 0.6 is 11.3 Å². The fourth-order valence-electron chi connectivity index (χ4n) is 1.78. The molecule has 0 saturated heterocycles. The van der Waals surface area contributed by atoms with Gasteiger partial charge in [-0.1, -0.05) is 0 Å². The van der Waals surface area contributed by atoms with E-state index in [9.17, 15) is 4.79 Å². The zero-order chi connectivity index (χ0) is 12.7. The Labute approximate surface area is 107 Å². The van der Waals surface area contributed by atoms with Gasteiger partial charge in [0.25, 0.3) is 5.56 Å². The normalized spacial score (nSPS) is 11.0. The van der Waals surface area contributed by atoms with Crippen LogP contribution in [0.25, 0.3) is 21.9 Å². The van der Waals surface area contributed by atoms with Gasteiger partial charge in [0, 0.05) is 17.3 Å². The quantitative estimate of drug-likeness (QED) is 0.725. The Kier molecular flexibility index (Phi) is 2.45. The van der Waals surface area contributed by atoms with Crippen molar-refractivity contribution in [1.82, 2.24) is 19.9 Å². The van der Waals surface area contributed by atoms with Crippen LogP contribution in [0.3, 0.4) is 0 Å². The molecule has 3 heterocycles. The van der Waals surface area contributed by atoms with Crippen LogP contribution in [0, 0.1) is 13.8 Å². The number of rotatable bonds is 1. The first-order valence-electron chi connectivity index (χ1n) is 5.44. The van der Waals surface area contributed by atoms with Crippen molar-refractivity contribution in [2.24, 2.45) is 0 Å². The van der Waals surface area contributed by atoms with Crippen molar-refractivity contribution in [3.63, 3.8) is 0 Å². The molecule has 3 rings (SSSR count). The lowest BCUT2D eigenvalue weighted by molar-refractivity contribution is 1.08. The van der Waals surface area contributed by atoms with Crippen molar-refractivity contribution in [3.8, 4) is 11.6 Å². The van der Waals surface area contributed by atoms with Crippen LogP contribution in [0.15, 0.2) is 23.3 Å². The van der Waals surface area contributed by atoms with Crippen molar-refractivity contribution in [3.05, 3.63) is 39.3 Å². The molecular formula is C12H10N4OS. The number of aryl methyl sites for hydroxylation is 2. The van der Waals surface area contributed by atoms with Gasteiger partial charge in [-0.05, 0) is 25.5 Å². The molecule has 0 unspecified atom stereocenters. The summed E-state index contributed by atoms with van der Waals surface area (Å²) in [5.74, 6) is 0.842. The van der Waals surface area contributed by atoms with Gasteiger partial charge in [0.2, 0.25) is 0 Å². The van der Waals surface area contributed by atoms with Gasteiger partial charge in [0.1, 0.15) is 4.83 Å². The number of fused-ring (bicyclic) bond motifs is 1. The van der Waals surface area contributed by atoms with E-state index in [0.717, 1.165) is 15.3 Å². The van der Waals surface area contributed by atoms with E-state index in [1.165, 1.54) is 11.3 Å². The van der Waals surface area contributed by atoms with Gasteiger partial charge in [-0.25, -0.2) is 15.0 Å². The first-order chi connectivity index (χ1) is 8.66. The number of aromatic nitrogens is 4. The average Bonchev–Trinajstić information content (AvgIpc) is 2.66. The molecule has 6 heteroatoms. The fourth-order valence-corrected chi connectivity index (χ4v) is 2.81. The second kappa shape index (κ2) is 3.99. The van der Waals surface area contributed by atoms with Crippen LogP contribution in [0.1, 0.15) is 10.4 Å². The average molecular weight is 258 g/mol. The number of hydrogen-bond acceptors (Lipinski definition) is 5. The van der Waals surface area contributed by atoms with Gasteiger partial charge in [-0.2, -0.15) is 0 Å². The minimum Gasteiger partial charge on any atom is -0.303 e. The summed E-state index contributed by atoms with van der Waals surface area (Å²) in [6.45, 7) is 3.92. The van der Waals surface area contributed by atoms with Gasteiger partial charge >= 0.3 is 0 Å². The maximum atomic E-state index is 12.1. The van der Waals surface area contributed by atoms with E-state index < -0.39 is 0 Å². The zero-order valence-electron chi connectivity index (χ0n) is 9.89. The molecule has 0 amide bonds. The first-order valence-corrected chi connectivity index (χ1v) is 6.26. The minimum atomic E-state index is -0.135. The largest absolute Gasteiger partial charge is 0.303 e. The summed E-state index contributed by atoms with van der Waals surface area (Å²) in [4.78, 5) is 29.2. The summed E-state index contributed by atoms with van der Waals surface area (Å²) < 4.78 is 0. The van der Waals surface area contributed by atoms with E-state index in [-0.39, 0.29) is 5.56 Å². The van der Waals surface area contributed by atoms with Crippen LogP contribution in [0.4, 0.5) is 0 Å². The molecule has 0 atom stereocenters. The predicted octanol–water partition coefficient (Wildman–Crippen LogP) is 2.06. The smallest absolute Gasteiger partial charge is 0.260 e. The molecule has 5 nitrogen and oxygen atoms in total. The highest BCUT2D eigenvalue weighted by Gasteiger charge is 2.13. The number of hydrogen-bond donors (Lipinski definition) is 1. The number of H-pyrrole nitrogens is 1. The highest BCUT2D eigenvalue weighted by molar-refractivity contribution is 7.18. The third-order valence-electron chi connectivity index (χ3n) is 2.82. The lowest BCUT2D eigenvalue weighted by Gasteiger charge is -1.98. The highest BCUT2D eigenvalue weighted by atomic mass is 32.1. The fraction of sp³-hybridized carbons (Fsp3) is 0.167. The third kappa shape index (κ3) is 1.62. The van der Waals surface area contributed by atoms with E-state index >= 15 is 0 Å². The standard InChI is InChI=1S/C12H10N4OS/c1-6-7(2)18-12-8(6)11(17)15-10(16-12)9-13-4-3-5-14-9/h3-5H,1-2H3,(H,15,16,17). The molecule has 0 spiro atoms. The number of nitrogens with one attached hydrogen (secondary N) is 1. The summed E-state index contributed by atoms with van der Waals surface area (Å²) in [7, 11) is 0. The van der Waals surface area contributed by atoms with Gasteiger partial charge < -0.3 is 4.98 Å². The molecule has 0 bridgehead atoms. The molecule has 90 valence electrons. The second-order valence-corrected chi connectivity index (χ2v) is 5.15. The van der Waals surface area contributed by atoms with E-state index in [1.54, 1.807) is 18.5 Å². The van der Waals surface area contributed by atoms with Gasteiger partial charge in [-0.3, -0.25) is 4.79 Å². The summed E-state index contributed by atoms with van der Waals surface area (Å²) in [5, 5.41) is 0.664. The Hall–Kier alpha value is -2.08. The Morgan fingerprint density at radius 2 is 1.94 bits per heavy atom. The van der Waals surface area contributed by atoms with E-state index in [0.29, 0.717) is 17.0 Å². The molecule has 0 aliphatic rings. The highest BCUT2D eigenvalue weighted by Crippen LogP contribution is 2.26. The summed E-state index contributed by atoms with van der Waals surface area (Å²) in [6.07, 6.45) is 3.24. The first kappa shape index (κ1) is 11.0. The van der Waals surface area contributed by atoms with Crippen LogP contribution in [-0.2, 0) is 0 Å². The lowest BCUT2D eigenvalue weighted by Crippen LogP contribution is -2.10. The maximum absolute atomic E-state index is 12.1. The molecule has 18 heavy (non-hydrogen) atoms. The van der Waals surface area contributed by atoms with Crippen LogP contribution < -0.4 is 5.56 Å². The molecule has 0 saturated carbocycles. The second-order valence-electron chi connectivity index (χ2n) is 3.95. The molecular weight excluding hydrogens is 248 g/mol. The number of nitrogens with zero attached hydrogens (tertiary/aromatic N) is 3. The van der Waals surface area contributed by atoms with E-state index in [2.05, 4.69) is 19.9 Å². The molecule has 3 aromatic heterocycles. The molecule has 1 N–H and O–H groups in total. The zero-order valence-corrected chi connectivity index (χ0v) is 10.7. The molecule has 0 aliphatic carbocycles. The summed E-state index contributed by atoms with van der Waals surface area (Å²) >= 11 is 1.52. The van der Waals surface area contributed by atoms with Crippen molar-refractivity contribution in [1.29, 1.82) is 0 Å².